The van der Waals surface area contributed by atoms with Crippen LogP contribution in [0.2, 0.25) is 18.1 Å². The fourth-order valence-electron chi connectivity index (χ4n) is 1.52. The first-order valence-corrected chi connectivity index (χ1v) is 9.57. The van der Waals surface area contributed by atoms with Gasteiger partial charge in [-0.15, -0.1) is 0 Å². The normalized spacial score (nSPS) is 14.8. The van der Waals surface area contributed by atoms with Crippen molar-refractivity contribution in [1.29, 1.82) is 0 Å². The summed E-state index contributed by atoms with van der Waals surface area (Å²) in [4.78, 5) is 0. The number of hydrogen-bond donors (Lipinski definition) is 1. The molecule has 0 spiro atoms. The van der Waals surface area contributed by atoms with Gasteiger partial charge in [-0.05, 0) is 23.2 Å². The third-order valence-corrected chi connectivity index (χ3v) is 9.91. The number of halogens is 2. The van der Waals surface area contributed by atoms with Crippen LogP contribution >= 0.6 is 15.9 Å². The van der Waals surface area contributed by atoms with Crippen LogP contribution < -0.4 is 0 Å². The molecule has 0 bridgehead atoms. The maximum Gasteiger partial charge on any atom is 0.128 e. The summed E-state index contributed by atoms with van der Waals surface area (Å²) < 4.78 is 14.6. The Bertz CT molecular complexity index is 412. The molecule has 1 aromatic carbocycles. The lowest BCUT2D eigenvalue weighted by atomic mass is 10.2. The van der Waals surface area contributed by atoms with Crippen LogP contribution in [-0.2, 0) is 0 Å². The molecule has 0 amide bonds. The summed E-state index contributed by atoms with van der Waals surface area (Å²) in [6.45, 7) is 10.5. The zero-order valence-electron chi connectivity index (χ0n) is 11.0. The molecule has 1 unspecified atom stereocenters. The van der Waals surface area contributed by atoms with E-state index in [9.17, 15) is 9.50 Å². The average Bonchev–Trinajstić information content (AvgIpc) is 2.19. The molecule has 0 heterocycles. The molecule has 1 N–H and O–H groups in total. The van der Waals surface area contributed by atoms with Gasteiger partial charge in [-0.3, -0.25) is 0 Å². The summed E-state index contributed by atoms with van der Waals surface area (Å²) in [7, 11) is -2.01. The van der Waals surface area contributed by atoms with Gasteiger partial charge < -0.3 is 5.11 Å². The van der Waals surface area contributed by atoms with Crippen molar-refractivity contribution in [2.24, 2.45) is 0 Å². The minimum atomic E-state index is -2.01. The van der Waals surface area contributed by atoms with Crippen molar-refractivity contribution in [2.45, 2.75) is 44.6 Å². The second-order valence-corrected chi connectivity index (χ2v) is 12.4. The Morgan fingerprint density at radius 2 is 1.82 bits per heavy atom. The molecule has 0 aliphatic heterocycles. The molecule has 0 aliphatic carbocycles. The monoisotopic (exact) mass is 318 g/mol. The second-order valence-electron chi connectivity index (χ2n) is 6.04. The Balaban J connectivity index is 3.21. The number of hydrogen-bond acceptors (Lipinski definition) is 1. The molecule has 0 radical (unpaired) electrons. The number of benzene rings is 1. The van der Waals surface area contributed by atoms with Crippen LogP contribution in [0, 0.1) is 5.82 Å². The predicted molar refractivity (Wildman–Crippen MR) is 76.3 cm³/mol. The highest BCUT2D eigenvalue weighted by Gasteiger charge is 2.43. The Morgan fingerprint density at radius 1 is 1.29 bits per heavy atom. The van der Waals surface area contributed by atoms with Gasteiger partial charge in [0.15, 0.2) is 0 Å². The highest BCUT2D eigenvalue weighted by molar-refractivity contribution is 9.10. The SMILES string of the molecule is CC(C)(C)[Si](C)(C)C(O)c1cc(Br)ccc1F. The minimum absolute atomic E-state index is 0.0151. The molecular formula is C13H20BrFOSi. The van der Waals surface area contributed by atoms with Crippen molar-refractivity contribution in [2.75, 3.05) is 0 Å². The number of aliphatic hydroxyl groups excluding tert-OH is 1. The van der Waals surface area contributed by atoms with Crippen LogP contribution in [0.3, 0.4) is 0 Å². The molecule has 0 aromatic heterocycles. The summed E-state index contributed by atoms with van der Waals surface area (Å²) in [6, 6.07) is 4.73. The molecular weight excluding hydrogens is 299 g/mol. The van der Waals surface area contributed by atoms with Crippen LogP contribution in [0.15, 0.2) is 22.7 Å². The Kier molecular flexibility index (Phi) is 4.22. The molecule has 1 atom stereocenters. The summed E-state index contributed by atoms with van der Waals surface area (Å²) in [5, 5.41) is 10.5. The first kappa shape index (κ1) is 14.9. The van der Waals surface area contributed by atoms with Gasteiger partial charge in [-0.25, -0.2) is 4.39 Å². The van der Waals surface area contributed by atoms with E-state index in [2.05, 4.69) is 49.8 Å². The molecule has 0 saturated carbocycles. The van der Waals surface area contributed by atoms with E-state index in [-0.39, 0.29) is 10.9 Å². The van der Waals surface area contributed by atoms with Crippen LogP contribution in [0.4, 0.5) is 4.39 Å². The Hall–Kier alpha value is -0.193. The second kappa shape index (κ2) is 4.82. The van der Waals surface area contributed by atoms with Crippen molar-refractivity contribution < 1.29 is 9.50 Å². The van der Waals surface area contributed by atoms with E-state index in [1.165, 1.54) is 6.07 Å². The smallest absolute Gasteiger partial charge is 0.128 e. The van der Waals surface area contributed by atoms with E-state index >= 15 is 0 Å². The van der Waals surface area contributed by atoms with Crippen LogP contribution in [0.5, 0.6) is 0 Å². The lowest BCUT2D eigenvalue weighted by Crippen LogP contribution is -2.44. The molecule has 0 saturated heterocycles. The lowest BCUT2D eigenvalue weighted by Gasteiger charge is -2.40. The highest BCUT2D eigenvalue weighted by Crippen LogP contribution is 2.44. The summed E-state index contributed by atoms with van der Waals surface area (Å²) in [5.41, 5.74) is -0.286. The fraction of sp³-hybridized carbons (Fsp3) is 0.538. The molecule has 4 heteroatoms. The van der Waals surface area contributed by atoms with Gasteiger partial charge in [0.1, 0.15) is 5.82 Å². The molecule has 1 nitrogen and oxygen atoms in total. The van der Waals surface area contributed by atoms with Crippen molar-refractivity contribution in [3.05, 3.63) is 34.1 Å². The van der Waals surface area contributed by atoms with Gasteiger partial charge in [0.2, 0.25) is 0 Å². The Morgan fingerprint density at radius 3 is 2.29 bits per heavy atom. The van der Waals surface area contributed by atoms with Crippen molar-refractivity contribution >= 4 is 24.0 Å². The maximum atomic E-state index is 13.8. The first-order chi connectivity index (χ1) is 7.57. The predicted octanol–water partition coefficient (Wildman–Crippen LogP) is 4.67. The van der Waals surface area contributed by atoms with Gasteiger partial charge in [0.05, 0.1) is 13.8 Å². The van der Waals surface area contributed by atoms with E-state index in [4.69, 9.17) is 0 Å². The van der Waals surface area contributed by atoms with E-state index in [1.807, 2.05) is 0 Å². The third kappa shape index (κ3) is 2.98. The number of rotatable bonds is 2. The largest absolute Gasteiger partial charge is 0.392 e. The van der Waals surface area contributed by atoms with E-state index in [0.717, 1.165) is 4.47 Å². The van der Waals surface area contributed by atoms with Gasteiger partial charge >= 0.3 is 0 Å². The molecule has 0 fully saturated rings. The van der Waals surface area contributed by atoms with Crippen LogP contribution in [0.1, 0.15) is 32.1 Å². The summed E-state index contributed by atoms with van der Waals surface area (Å²) >= 11 is 3.32. The molecule has 96 valence electrons. The van der Waals surface area contributed by atoms with E-state index < -0.39 is 13.8 Å². The van der Waals surface area contributed by atoms with Gasteiger partial charge in [-0.1, -0.05) is 49.8 Å². The molecule has 1 aromatic rings. The van der Waals surface area contributed by atoms with Gasteiger partial charge in [-0.2, -0.15) is 0 Å². The number of aliphatic hydroxyl groups is 1. The topological polar surface area (TPSA) is 20.2 Å². The van der Waals surface area contributed by atoms with Gasteiger partial charge in [0.25, 0.3) is 0 Å². The van der Waals surface area contributed by atoms with E-state index in [1.54, 1.807) is 12.1 Å². The molecule has 17 heavy (non-hydrogen) atoms. The standard InChI is InChI=1S/C13H20BrFOSi/c1-13(2,3)17(4,5)12(16)10-8-9(14)6-7-11(10)15/h6-8,12,16H,1-5H3. The summed E-state index contributed by atoms with van der Waals surface area (Å²) in [5.74, 6) is -0.328. The summed E-state index contributed by atoms with van der Waals surface area (Å²) in [6.07, 6.45) is 0. The quantitative estimate of drug-likeness (QED) is 0.786. The highest BCUT2D eigenvalue weighted by atomic mass is 79.9. The third-order valence-electron chi connectivity index (χ3n) is 3.87. The maximum absolute atomic E-state index is 13.8. The lowest BCUT2D eigenvalue weighted by molar-refractivity contribution is 0.237. The minimum Gasteiger partial charge on any atom is -0.392 e. The zero-order chi connectivity index (χ0) is 13.4. The van der Waals surface area contributed by atoms with Crippen LogP contribution in [0.25, 0.3) is 0 Å². The van der Waals surface area contributed by atoms with Crippen molar-refractivity contribution in [3.63, 3.8) is 0 Å². The van der Waals surface area contributed by atoms with Crippen molar-refractivity contribution in [1.82, 2.24) is 0 Å². The van der Waals surface area contributed by atoms with Crippen molar-refractivity contribution in [3.8, 4) is 0 Å². The first-order valence-electron chi connectivity index (χ1n) is 5.70. The Labute approximate surface area is 112 Å². The van der Waals surface area contributed by atoms with E-state index in [0.29, 0.717) is 5.56 Å². The van der Waals surface area contributed by atoms with Gasteiger partial charge in [0, 0.05) is 10.0 Å². The fourth-order valence-corrected chi connectivity index (χ4v) is 3.72. The molecule has 0 aliphatic rings. The molecule has 1 rings (SSSR count). The average molecular weight is 319 g/mol. The van der Waals surface area contributed by atoms with Crippen LogP contribution in [-0.4, -0.2) is 13.2 Å². The zero-order valence-corrected chi connectivity index (χ0v) is 13.6.